The molecule has 0 aliphatic heterocycles. The fourth-order valence-electron chi connectivity index (χ4n) is 5.09. The summed E-state index contributed by atoms with van der Waals surface area (Å²) in [5, 5.41) is 0. The van der Waals surface area contributed by atoms with Crippen LogP contribution in [0.1, 0.15) is 156 Å². The van der Waals surface area contributed by atoms with Crippen LogP contribution in [-0.2, 0) is 0 Å². The van der Waals surface area contributed by atoms with Crippen molar-refractivity contribution >= 4 is 26.3 Å². The predicted octanol–water partition coefficient (Wildman–Crippen LogP) is 11.8. The Balaban J connectivity index is 4.80. The molecule has 0 spiro atoms. The van der Waals surface area contributed by atoms with Gasteiger partial charge in [-0.25, -0.2) is 0 Å². The Morgan fingerprint density at radius 1 is 0.333 bits per heavy atom. The van der Waals surface area contributed by atoms with Gasteiger partial charge in [-0.1, -0.05) is 0 Å². The Kier molecular flexibility index (Phi) is 21.5. The van der Waals surface area contributed by atoms with Gasteiger partial charge in [0.2, 0.25) is 0 Å². The quantitative estimate of drug-likeness (QED) is 0.0632. The van der Waals surface area contributed by atoms with Gasteiger partial charge in [0, 0.05) is 0 Å². The van der Waals surface area contributed by atoms with Gasteiger partial charge in [0.1, 0.15) is 0 Å². The number of halogens is 1. The van der Waals surface area contributed by atoms with Gasteiger partial charge in [-0.15, -0.1) is 0 Å². The summed E-state index contributed by atoms with van der Waals surface area (Å²) in [7, 11) is 0. The zero-order valence-electron chi connectivity index (χ0n) is 21.8. The molecular weight excluding hydrogens is 494 g/mol. The van der Waals surface area contributed by atoms with Crippen molar-refractivity contribution in [3.8, 4) is 0 Å². The van der Waals surface area contributed by atoms with Crippen LogP contribution in [0.2, 0.25) is 0 Å². The van der Waals surface area contributed by atoms with E-state index in [1.54, 1.807) is 24.6 Å². The molecule has 30 heavy (non-hydrogen) atoms. The molecule has 0 aromatic rings. The first-order chi connectivity index (χ1) is 14.5. The van der Waals surface area contributed by atoms with Crippen LogP contribution in [0, 0.1) is 0 Å². The standard InChI is InChI=1S/C28H60IP/c1-5-9-13-16-19-22-26-30(29,25-12-8-4,27-23-20-17-14-10-6-2)28-24-21-18-15-11-7-3/h5-28H2,1-4H3. The van der Waals surface area contributed by atoms with Crippen molar-refractivity contribution in [1.29, 1.82) is 0 Å². The van der Waals surface area contributed by atoms with Crippen LogP contribution in [0.5, 0.6) is 0 Å². The third-order valence-electron chi connectivity index (χ3n) is 7.28. The molecule has 0 unspecified atom stereocenters. The van der Waals surface area contributed by atoms with Crippen molar-refractivity contribution in [2.45, 2.75) is 156 Å². The van der Waals surface area contributed by atoms with Crippen LogP contribution in [0.3, 0.4) is 0 Å². The third kappa shape index (κ3) is 16.7. The van der Waals surface area contributed by atoms with Gasteiger partial charge in [0.15, 0.2) is 0 Å². The van der Waals surface area contributed by atoms with Gasteiger partial charge in [-0.05, 0) is 0 Å². The molecule has 0 saturated heterocycles. The van der Waals surface area contributed by atoms with Gasteiger partial charge < -0.3 is 0 Å². The van der Waals surface area contributed by atoms with E-state index in [0.717, 1.165) is 0 Å². The number of hydrogen-bond donors (Lipinski definition) is 0. The molecule has 0 heterocycles. The van der Waals surface area contributed by atoms with Crippen molar-refractivity contribution in [2.24, 2.45) is 0 Å². The Labute approximate surface area is 206 Å². The molecule has 0 fully saturated rings. The molecule has 0 atom stereocenters. The molecular formula is C28H60IP. The van der Waals surface area contributed by atoms with Gasteiger partial charge in [0.25, 0.3) is 0 Å². The summed E-state index contributed by atoms with van der Waals surface area (Å²) in [5.41, 5.74) is 0. The topological polar surface area (TPSA) is 0 Å². The summed E-state index contributed by atoms with van der Waals surface area (Å²) in [5.74, 6) is 0. The molecule has 0 bridgehead atoms. The second kappa shape index (κ2) is 20.7. The van der Waals surface area contributed by atoms with Crippen LogP contribution >= 0.6 is 26.3 Å². The zero-order valence-corrected chi connectivity index (χ0v) is 24.8. The Morgan fingerprint density at radius 2 is 0.567 bits per heavy atom. The van der Waals surface area contributed by atoms with Gasteiger partial charge in [0.05, 0.1) is 0 Å². The van der Waals surface area contributed by atoms with E-state index in [1.807, 2.05) is 0 Å². The summed E-state index contributed by atoms with van der Waals surface area (Å²) >= 11 is 3.17. The monoisotopic (exact) mass is 554 g/mol. The summed E-state index contributed by atoms with van der Waals surface area (Å²) in [6.45, 7) is 9.42. The summed E-state index contributed by atoms with van der Waals surface area (Å²) in [6.07, 6.45) is 35.7. The number of rotatable bonds is 24. The molecule has 0 aliphatic carbocycles. The van der Waals surface area contributed by atoms with E-state index >= 15 is 0 Å². The van der Waals surface area contributed by atoms with Crippen molar-refractivity contribution in [3.05, 3.63) is 0 Å². The fourth-order valence-corrected chi connectivity index (χ4v) is 14.7. The predicted molar refractivity (Wildman–Crippen MR) is 155 cm³/mol. The van der Waals surface area contributed by atoms with Crippen LogP contribution in [0.4, 0.5) is 0 Å². The van der Waals surface area contributed by atoms with Gasteiger partial charge >= 0.3 is 207 Å². The van der Waals surface area contributed by atoms with E-state index in [4.69, 9.17) is 0 Å². The molecule has 0 radical (unpaired) electrons. The van der Waals surface area contributed by atoms with Crippen molar-refractivity contribution in [3.63, 3.8) is 0 Å². The van der Waals surface area contributed by atoms with E-state index in [9.17, 15) is 0 Å². The molecule has 0 amide bonds. The summed E-state index contributed by atoms with van der Waals surface area (Å²) in [6, 6.07) is 0. The Bertz CT molecular complexity index is 311. The molecule has 0 aliphatic rings. The minimum atomic E-state index is -1.55. The maximum atomic E-state index is 3.17. The molecule has 0 rings (SSSR count). The van der Waals surface area contributed by atoms with Crippen LogP contribution in [-0.4, -0.2) is 24.6 Å². The molecule has 0 saturated carbocycles. The normalized spacial score (nSPS) is 13.4. The van der Waals surface area contributed by atoms with Gasteiger partial charge in [-0.2, -0.15) is 0 Å². The molecule has 2 heteroatoms. The Hall–Kier alpha value is 1.16. The SMILES string of the molecule is CCCCCCCCP(I)(CCCC)(CCCCCCCC)CCCCCCCC. The molecule has 0 aromatic carbocycles. The van der Waals surface area contributed by atoms with E-state index < -0.39 is 4.25 Å². The molecule has 0 aromatic heterocycles. The van der Waals surface area contributed by atoms with Crippen molar-refractivity contribution in [2.75, 3.05) is 24.6 Å². The van der Waals surface area contributed by atoms with E-state index in [0.29, 0.717) is 0 Å². The first-order valence-corrected chi connectivity index (χ1v) is 20.0. The fraction of sp³-hybridized carbons (Fsp3) is 1.00. The maximum absolute atomic E-state index is 3.17. The third-order valence-corrected chi connectivity index (χ3v) is 18.8. The van der Waals surface area contributed by atoms with E-state index in [-0.39, 0.29) is 0 Å². The number of unbranched alkanes of at least 4 members (excludes halogenated alkanes) is 16. The van der Waals surface area contributed by atoms with Crippen molar-refractivity contribution in [1.82, 2.24) is 0 Å². The van der Waals surface area contributed by atoms with Crippen molar-refractivity contribution < 1.29 is 0 Å². The van der Waals surface area contributed by atoms with Crippen LogP contribution in [0.15, 0.2) is 0 Å². The average molecular weight is 555 g/mol. The van der Waals surface area contributed by atoms with Crippen LogP contribution < -0.4 is 0 Å². The van der Waals surface area contributed by atoms with E-state index in [2.05, 4.69) is 49.7 Å². The summed E-state index contributed by atoms with van der Waals surface area (Å²) in [4.78, 5) is 0. The minimum absolute atomic E-state index is 1.37. The number of hydrogen-bond acceptors (Lipinski definition) is 0. The second-order valence-electron chi connectivity index (χ2n) is 10.4. The molecule has 0 nitrogen and oxygen atoms in total. The second-order valence-corrected chi connectivity index (χ2v) is 24.0. The van der Waals surface area contributed by atoms with E-state index in [1.165, 1.54) is 128 Å². The summed E-state index contributed by atoms with van der Waals surface area (Å²) < 4.78 is -1.55. The van der Waals surface area contributed by atoms with Crippen LogP contribution in [0.25, 0.3) is 0 Å². The average Bonchev–Trinajstić information content (AvgIpc) is 2.75. The molecule has 184 valence electrons. The molecule has 0 N–H and O–H groups in total. The first-order valence-electron chi connectivity index (χ1n) is 14.3. The Morgan fingerprint density at radius 3 is 0.867 bits per heavy atom. The van der Waals surface area contributed by atoms with Gasteiger partial charge in [-0.3, -0.25) is 0 Å². The zero-order chi connectivity index (χ0) is 22.4. The first kappa shape index (κ1) is 31.2.